The molecule has 0 spiro atoms. The van der Waals surface area contributed by atoms with Gasteiger partial charge in [-0.1, -0.05) is 30.3 Å². The Kier molecular flexibility index (Phi) is 6.36. The molecule has 0 unspecified atom stereocenters. The molecule has 1 aliphatic heterocycles. The highest BCUT2D eigenvalue weighted by molar-refractivity contribution is 6.06. The number of aromatic nitrogens is 1. The third kappa shape index (κ3) is 4.76. The zero-order chi connectivity index (χ0) is 26.1. The van der Waals surface area contributed by atoms with E-state index in [2.05, 4.69) is 17.2 Å². The number of aryl methyl sites for hydroxylation is 1. The second-order valence-corrected chi connectivity index (χ2v) is 8.92. The molecule has 1 aromatic heterocycles. The standard InChI is InChI=1S/C30H26FN3O3/c1-4-37-27-13-14-34(23-9-5-18(2)6-10-23)30(36)28(27)29(35)33-22-8-11-24(25(31)17-22)20-7-12-26-21(16-20)15-19(3)32-26/h5-14,16-17,32H,3-4,15H2,1-2H3,(H,33,35). The molecular formula is C30H26FN3O3. The van der Waals surface area contributed by atoms with Crippen molar-refractivity contribution in [2.45, 2.75) is 20.3 Å². The van der Waals surface area contributed by atoms with Crippen molar-refractivity contribution >= 4 is 17.3 Å². The first-order chi connectivity index (χ1) is 17.8. The van der Waals surface area contributed by atoms with Crippen LogP contribution in [-0.2, 0) is 6.42 Å². The van der Waals surface area contributed by atoms with Crippen molar-refractivity contribution in [3.63, 3.8) is 0 Å². The fourth-order valence-electron chi connectivity index (χ4n) is 4.43. The molecule has 0 saturated heterocycles. The molecular weight excluding hydrogens is 469 g/mol. The van der Waals surface area contributed by atoms with Crippen LogP contribution in [0.15, 0.2) is 90.0 Å². The zero-order valence-electron chi connectivity index (χ0n) is 20.6. The largest absolute Gasteiger partial charge is 0.493 e. The number of allylic oxidation sites excluding steroid dienone is 1. The molecule has 1 amide bonds. The quantitative estimate of drug-likeness (QED) is 0.340. The summed E-state index contributed by atoms with van der Waals surface area (Å²) in [5, 5.41) is 5.86. The highest BCUT2D eigenvalue weighted by Crippen LogP contribution is 2.33. The molecule has 6 nitrogen and oxygen atoms in total. The maximum absolute atomic E-state index is 15.1. The number of nitrogens with zero attached hydrogens (tertiary/aromatic N) is 1. The molecule has 2 N–H and O–H groups in total. The number of ether oxygens (including phenoxy) is 1. The summed E-state index contributed by atoms with van der Waals surface area (Å²) >= 11 is 0. The normalized spacial score (nSPS) is 12.1. The average molecular weight is 496 g/mol. The van der Waals surface area contributed by atoms with Crippen LogP contribution in [0.5, 0.6) is 5.75 Å². The molecule has 186 valence electrons. The molecule has 2 heterocycles. The van der Waals surface area contributed by atoms with E-state index in [1.807, 2.05) is 37.3 Å². The minimum absolute atomic E-state index is 0.152. The molecule has 37 heavy (non-hydrogen) atoms. The summed E-state index contributed by atoms with van der Waals surface area (Å²) in [5.41, 5.74) is 5.29. The molecule has 0 radical (unpaired) electrons. The summed E-state index contributed by atoms with van der Waals surface area (Å²) in [5.74, 6) is -0.999. The maximum atomic E-state index is 15.1. The van der Waals surface area contributed by atoms with E-state index in [1.54, 1.807) is 43.5 Å². The lowest BCUT2D eigenvalue weighted by molar-refractivity contribution is 0.102. The molecule has 3 aromatic carbocycles. The van der Waals surface area contributed by atoms with E-state index in [-0.39, 0.29) is 23.6 Å². The summed E-state index contributed by atoms with van der Waals surface area (Å²) in [4.78, 5) is 26.6. The fraction of sp³-hybridized carbons (Fsp3) is 0.133. The number of fused-ring (bicyclic) bond motifs is 1. The Labute approximate surface area is 214 Å². The van der Waals surface area contributed by atoms with Gasteiger partial charge in [-0.2, -0.15) is 0 Å². The van der Waals surface area contributed by atoms with Gasteiger partial charge in [0, 0.05) is 40.9 Å². The van der Waals surface area contributed by atoms with Gasteiger partial charge in [0.1, 0.15) is 17.1 Å². The van der Waals surface area contributed by atoms with Gasteiger partial charge in [-0.05, 0) is 73.5 Å². The molecule has 0 bridgehead atoms. The van der Waals surface area contributed by atoms with Crippen LogP contribution in [0.25, 0.3) is 16.8 Å². The Hall–Kier alpha value is -4.65. The first-order valence-electron chi connectivity index (χ1n) is 12.0. The van der Waals surface area contributed by atoms with Crippen LogP contribution in [0.4, 0.5) is 15.8 Å². The van der Waals surface area contributed by atoms with Crippen LogP contribution < -0.4 is 20.9 Å². The van der Waals surface area contributed by atoms with E-state index in [1.165, 1.54) is 10.6 Å². The summed E-state index contributed by atoms with van der Waals surface area (Å²) in [7, 11) is 0. The smallest absolute Gasteiger partial charge is 0.271 e. The highest BCUT2D eigenvalue weighted by Gasteiger charge is 2.21. The van der Waals surface area contributed by atoms with Gasteiger partial charge >= 0.3 is 0 Å². The number of hydrogen-bond donors (Lipinski definition) is 2. The van der Waals surface area contributed by atoms with Crippen molar-refractivity contribution in [1.82, 2.24) is 4.57 Å². The van der Waals surface area contributed by atoms with Gasteiger partial charge in [0.05, 0.1) is 6.61 Å². The van der Waals surface area contributed by atoms with Gasteiger partial charge in [0.15, 0.2) is 0 Å². The van der Waals surface area contributed by atoms with Crippen LogP contribution in [-0.4, -0.2) is 17.1 Å². The van der Waals surface area contributed by atoms with Crippen LogP contribution in [0.2, 0.25) is 0 Å². The van der Waals surface area contributed by atoms with Crippen LogP contribution in [0.3, 0.4) is 0 Å². The molecule has 4 aromatic rings. The van der Waals surface area contributed by atoms with Crippen LogP contribution in [0.1, 0.15) is 28.4 Å². The van der Waals surface area contributed by atoms with Gasteiger partial charge in [-0.3, -0.25) is 14.2 Å². The Balaban J connectivity index is 1.45. The highest BCUT2D eigenvalue weighted by atomic mass is 19.1. The number of amides is 1. The van der Waals surface area contributed by atoms with Crippen molar-refractivity contribution in [2.24, 2.45) is 0 Å². The van der Waals surface area contributed by atoms with Gasteiger partial charge in [-0.25, -0.2) is 4.39 Å². The first kappa shape index (κ1) is 24.1. The van der Waals surface area contributed by atoms with Crippen LogP contribution >= 0.6 is 0 Å². The predicted octanol–water partition coefficient (Wildman–Crippen LogP) is 6.08. The summed E-state index contributed by atoms with van der Waals surface area (Å²) in [6.07, 6.45) is 2.27. The van der Waals surface area contributed by atoms with E-state index in [9.17, 15) is 9.59 Å². The SMILES string of the molecule is C=C1Cc2cc(-c3ccc(NC(=O)c4c(OCC)ccn(-c5ccc(C)cc5)c4=O)cc3F)ccc2N1. The Morgan fingerprint density at radius 2 is 1.89 bits per heavy atom. The monoisotopic (exact) mass is 495 g/mol. The molecule has 7 heteroatoms. The summed E-state index contributed by atoms with van der Waals surface area (Å²) < 4.78 is 22.1. The number of hydrogen-bond acceptors (Lipinski definition) is 4. The lowest BCUT2D eigenvalue weighted by Crippen LogP contribution is -2.29. The molecule has 0 fully saturated rings. The second-order valence-electron chi connectivity index (χ2n) is 8.92. The van der Waals surface area contributed by atoms with E-state index in [0.717, 1.165) is 28.1 Å². The van der Waals surface area contributed by atoms with Crippen molar-refractivity contribution < 1.29 is 13.9 Å². The van der Waals surface area contributed by atoms with Gasteiger partial charge < -0.3 is 15.4 Å². The predicted molar refractivity (Wildman–Crippen MR) is 144 cm³/mol. The maximum Gasteiger partial charge on any atom is 0.271 e. The number of carbonyl (C=O) groups is 1. The fourth-order valence-corrected chi connectivity index (χ4v) is 4.43. The van der Waals surface area contributed by atoms with E-state index >= 15 is 4.39 Å². The van der Waals surface area contributed by atoms with Gasteiger partial charge in [0.25, 0.3) is 11.5 Å². The Bertz CT molecular complexity index is 1590. The Morgan fingerprint density at radius 3 is 2.62 bits per heavy atom. The van der Waals surface area contributed by atoms with Crippen molar-refractivity contribution in [2.75, 3.05) is 17.2 Å². The number of pyridine rings is 1. The number of rotatable bonds is 6. The van der Waals surface area contributed by atoms with E-state index in [4.69, 9.17) is 4.74 Å². The third-order valence-corrected chi connectivity index (χ3v) is 6.25. The van der Waals surface area contributed by atoms with Gasteiger partial charge in [-0.15, -0.1) is 0 Å². The van der Waals surface area contributed by atoms with E-state index < -0.39 is 17.3 Å². The Morgan fingerprint density at radius 1 is 1.11 bits per heavy atom. The second kappa shape index (κ2) is 9.78. The summed E-state index contributed by atoms with van der Waals surface area (Å²) in [6.45, 7) is 7.94. The average Bonchev–Trinajstić information content (AvgIpc) is 3.24. The van der Waals surface area contributed by atoms with Crippen LogP contribution in [0, 0.1) is 12.7 Å². The van der Waals surface area contributed by atoms with Crippen molar-refractivity contribution in [3.05, 3.63) is 118 Å². The molecule has 1 aliphatic rings. The topological polar surface area (TPSA) is 72.4 Å². The first-order valence-corrected chi connectivity index (χ1v) is 12.0. The zero-order valence-corrected chi connectivity index (χ0v) is 20.6. The minimum Gasteiger partial charge on any atom is -0.493 e. The third-order valence-electron chi connectivity index (χ3n) is 6.25. The van der Waals surface area contributed by atoms with Crippen molar-refractivity contribution in [3.8, 4) is 22.6 Å². The number of benzene rings is 3. The van der Waals surface area contributed by atoms with Gasteiger partial charge in [0.2, 0.25) is 0 Å². The molecule has 0 atom stereocenters. The lowest BCUT2D eigenvalue weighted by atomic mass is 10.0. The summed E-state index contributed by atoms with van der Waals surface area (Å²) in [6, 6.07) is 19.1. The number of halogens is 1. The lowest BCUT2D eigenvalue weighted by Gasteiger charge is -2.14. The minimum atomic E-state index is -0.677. The van der Waals surface area contributed by atoms with E-state index in [0.29, 0.717) is 17.7 Å². The molecule has 0 aliphatic carbocycles. The number of nitrogens with one attached hydrogen (secondary N) is 2. The number of carbonyl (C=O) groups excluding carboxylic acids is 1. The number of anilines is 2. The molecule has 5 rings (SSSR count). The molecule has 0 saturated carbocycles. The van der Waals surface area contributed by atoms with Crippen molar-refractivity contribution in [1.29, 1.82) is 0 Å².